The number of hydrogen-bond donors (Lipinski definition) is 2. The molecule has 1 fully saturated rings. The molecule has 1 heterocycles. The fourth-order valence-corrected chi connectivity index (χ4v) is 3.81. The van der Waals surface area contributed by atoms with Gasteiger partial charge in [-0.2, -0.15) is 0 Å². The molecular formula is C20H30N2O3. The minimum Gasteiger partial charge on any atom is -0.497 e. The number of piperidine rings is 1. The van der Waals surface area contributed by atoms with Gasteiger partial charge in [0.1, 0.15) is 11.5 Å². The van der Waals surface area contributed by atoms with E-state index in [1.54, 1.807) is 26.4 Å². The molecule has 1 saturated heterocycles. The molecule has 0 spiro atoms. The Morgan fingerprint density at radius 2 is 1.80 bits per heavy atom. The molecule has 0 unspecified atom stereocenters. The molecule has 1 aliphatic heterocycles. The fourth-order valence-electron chi connectivity index (χ4n) is 3.81. The summed E-state index contributed by atoms with van der Waals surface area (Å²) in [6.07, 6.45) is 5.12. The first-order valence-electron chi connectivity index (χ1n) is 8.64. The number of carbonyl (C=O) groups is 1. The second-order valence-electron chi connectivity index (χ2n) is 7.95. The predicted octanol–water partition coefficient (Wildman–Crippen LogP) is 3.14. The number of rotatable bonds is 5. The van der Waals surface area contributed by atoms with Gasteiger partial charge in [0, 0.05) is 28.8 Å². The molecule has 2 N–H and O–H groups in total. The van der Waals surface area contributed by atoms with E-state index >= 15 is 0 Å². The van der Waals surface area contributed by atoms with Gasteiger partial charge in [0.05, 0.1) is 14.2 Å². The summed E-state index contributed by atoms with van der Waals surface area (Å²) in [5.74, 6) is 1.33. The third-order valence-electron chi connectivity index (χ3n) is 4.39. The first kappa shape index (κ1) is 19.3. The van der Waals surface area contributed by atoms with Crippen LogP contribution in [0, 0.1) is 0 Å². The molecule has 5 nitrogen and oxygen atoms in total. The maximum Gasteiger partial charge on any atom is 0.244 e. The van der Waals surface area contributed by atoms with E-state index in [2.05, 4.69) is 38.3 Å². The van der Waals surface area contributed by atoms with Crippen molar-refractivity contribution in [3.8, 4) is 11.5 Å². The summed E-state index contributed by atoms with van der Waals surface area (Å²) in [5, 5.41) is 6.75. The van der Waals surface area contributed by atoms with Crippen molar-refractivity contribution < 1.29 is 14.3 Å². The Labute approximate surface area is 150 Å². The second-order valence-corrected chi connectivity index (χ2v) is 7.95. The third kappa shape index (κ3) is 5.49. The van der Waals surface area contributed by atoms with Crippen LogP contribution >= 0.6 is 0 Å². The second kappa shape index (κ2) is 7.48. The zero-order valence-corrected chi connectivity index (χ0v) is 16.1. The minimum atomic E-state index is -0.0941. The van der Waals surface area contributed by atoms with Crippen LogP contribution in [0.3, 0.4) is 0 Å². The van der Waals surface area contributed by atoms with E-state index in [1.165, 1.54) is 0 Å². The molecule has 0 aromatic heterocycles. The highest BCUT2D eigenvalue weighted by Crippen LogP contribution is 2.28. The van der Waals surface area contributed by atoms with Gasteiger partial charge in [-0.15, -0.1) is 0 Å². The maximum absolute atomic E-state index is 12.4. The number of hydrogen-bond acceptors (Lipinski definition) is 4. The van der Waals surface area contributed by atoms with Crippen LogP contribution in [-0.2, 0) is 4.79 Å². The van der Waals surface area contributed by atoms with E-state index in [0.717, 1.165) is 24.2 Å². The van der Waals surface area contributed by atoms with E-state index in [9.17, 15) is 4.79 Å². The van der Waals surface area contributed by atoms with Gasteiger partial charge in [0.15, 0.2) is 0 Å². The Kier molecular flexibility index (Phi) is 5.78. The number of benzene rings is 1. The quantitative estimate of drug-likeness (QED) is 0.804. The van der Waals surface area contributed by atoms with Crippen LogP contribution in [-0.4, -0.2) is 37.2 Å². The van der Waals surface area contributed by atoms with Gasteiger partial charge in [0.25, 0.3) is 0 Å². The molecule has 25 heavy (non-hydrogen) atoms. The molecule has 0 radical (unpaired) electrons. The van der Waals surface area contributed by atoms with Crippen molar-refractivity contribution >= 4 is 12.0 Å². The monoisotopic (exact) mass is 346 g/mol. The molecule has 0 bridgehead atoms. The topological polar surface area (TPSA) is 59.6 Å². The molecule has 1 amide bonds. The maximum atomic E-state index is 12.4. The normalized spacial score (nSPS) is 19.6. The average Bonchev–Trinajstić information content (AvgIpc) is 2.49. The molecule has 0 atom stereocenters. The zero-order chi connectivity index (χ0) is 18.7. The molecule has 1 aromatic rings. The summed E-state index contributed by atoms with van der Waals surface area (Å²) in [5.41, 5.74) is 0.807. The lowest BCUT2D eigenvalue weighted by Gasteiger charge is -2.46. The Balaban J connectivity index is 2.06. The van der Waals surface area contributed by atoms with E-state index in [1.807, 2.05) is 18.2 Å². The fraction of sp³-hybridized carbons (Fsp3) is 0.550. The van der Waals surface area contributed by atoms with Gasteiger partial charge in [0.2, 0.25) is 5.91 Å². The van der Waals surface area contributed by atoms with Crippen molar-refractivity contribution in [2.75, 3.05) is 14.2 Å². The Bertz CT molecular complexity index is 634. The van der Waals surface area contributed by atoms with Crippen molar-refractivity contribution in [1.82, 2.24) is 10.6 Å². The summed E-state index contributed by atoms with van der Waals surface area (Å²) < 4.78 is 10.6. The third-order valence-corrected chi connectivity index (χ3v) is 4.39. The minimum absolute atomic E-state index is 0.000568. The summed E-state index contributed by atoms with van der Waals surface area (Å²) in [6.45, 7) is 8.68. The van der Waals surface area contributed by atoms with Crippen LogP contribution in [0.25, 0.3) is 6.08 Å². The number of carbonyl (C=O) groups excluding carboxylic acids is 1. The summed E-state index contributed by atoms with van der Waals surface area (Å²) in [4.78, 5) is 12.4. The van der Waals surface area contributed by atoms with Crippen molar-refractivity contribution in [2.45, 2.75) is 57.7 Å². The van der Waals surface area contributed by atoms with Crippen LogP contribution < -0.4 is 20.1 Å². The van der Waals surface area contributed by atoms with Gasteiger partial charge >= 0.3 is 0 Å². The van der Waals surface area contributed by atoms with E-state index in [4.69, 9.17) is 9.47 Å². The van der Waals surface area contributed by atoms with E-state index < -0.39 is 0 Å². The van der Waals surface area contributed by atoms with Gasteiger partial charge in [-0.3, -0.25) is 4.79 Å². The highest BCUT2D eigenvalue weighted by atomic mass is 16.5. The molecule has 1 aromatic carbocycles. The lowest BCUT2D eigenvalue weighted by Crippen LogP contribution is -2.62. The number of ether oxygens (including phenoxy) is 2. The van der Waals surface area contributed by atoms with Crippen molar-refractivity contribution in [3.05, 3.63) is 29.8 Å². The molecular weight excluding hydrogens is 316 g/mol. The van der Waals surface area contributed by atoms with Gasteiger partial charge in [-0.1, -0.05) is 0 Å². The predicted molar refractivity (Wildman–Crippen MR) is 101 cm³/mol. The van der Waals surface area contributed by atoms with Crippen LogP contribution in [0.4, 0.5) is 0 Å². The van der Waals surface area contributed by atoms with Crippen LogP contribution in [0.5, 0.6) is 11.5 Å². The van der Waals surface area contributed by atoms with Crippen molar-refractivity contribution in [2.24, 2.45) is 0 Å². The Morgan fingerprint density at radius 3 is 2.36 bits per heavy atom. The van der Waals surface area contributed by atoms with Crippen LogP contribution in [0.2, 0.25) is 0 Å². The highest BCUT2D eigenvalue weighted by Gasteiger charge is 2.37. The van der Waals surface area contributed by atoms with E-state index in [0.29, 0.717) is 5.75 Å². The standard InChI is InChI=1S/C20H30N2O3/c1-19(2)12-15(13-20(3,4)22-19)21-18(23)10-7-14-11-16(24-5)8-9-17(14)25-6/h7-11,15,22H,12-13H2,1-6H3,(H,21,23)/b10-7+. The summed E-state index contributed by atoms with van der Waals surface area (Å²) >= 11 is 0. The summed E-state index contributed by atoms with van der Waals surface area (Å²) in [7, 11) is 3.22. The van der Waals surface area contributed by atoms with Gasteiger partial charge < -0.3 is 20.1 Å². The Morgan fingerprint density at radius 1 is 1.16 bits per heavy atom. The van der Waals surface area contributed by atoms with E-state index in [-0.39, 0.29) is 23.0 Å². The molecule has 0 aliphatic carbocycles. The zero-order valence-electron chi connectivity index (χ0n) is 16.1. The lowest BCUT2D eigenvalue weighted by atomic mass is 9.79. The molecule has 2 rings (SSSR count). The highest BCUT2D eigenvalue weighted by molar-refractivity contribution is 5.92. The van der Waals surface area contributed by atoms with Crippen LogP contribution in [0.1, 0.15) is 46.1 Å². The molecule has 0 saturated carbocycles. The molecule has 5 heteroatoms. The Hall–Kier alpha value is -2.01. The van der Waals surface area contributed by atoms with Crippen LogP contribution in [0.15, 0.2) is 24.3 Å². The largest absolute Gasteiger partial charge is 0.497 e. The molecule has 138 valence electrons. The average molecular weight is 346 g/mol. The smallest absolute Gasteiger partial charge is 0.244 e. The first-order valence-corrected chi connectivity index (χ1v) is 8.64. The first-order chi connectivity index (χ1) is 11.6. The van der Waals surface area contributed by atoms with Gasteiger partial charge in [-0.25, -0.2) is 0 Å². The van der Waals surface area contributed by atoms with Crippen molar-refractivity contribution in [1.29, 1.82) is 0 Å². The SMILES string of the molecule is COc1ccc(OC)c(/C=C/C(=O)NC2CC(C)(C)NC(C)(C)C2)c1. The lowest BCUT2D eigenvalue weighted by molar-refractivity contribution is -0.117. The number of methoxy groups -OCH3 is 2. The van der Waals surface area contributed by atoms with Gasteiger partial charge in [-0.05, 0) is 64.8 Å². The number of nitrogens with one attached hydrogen (secondary N) is 2. The molecule has 1 aliphatic rings. The number of amides is 1. The summed E-state index contributed by atoms with van der Waals surface area (Å²) in [6, 6.07) is 5.65. The van der Waals surface area contributed by atoms with Crippen molar-refractivity contribution in [3.63, 3.8) is 0 Å².